The predicted molar refractivity (Wildman–Crippen MR) is 69.3 cm³/mol. The summed E-state index contributed by atoms with van der Waals surface area (Å²) < 4.78 is 37.0. The van der Waals surface area contributed by atoms with Gasteiger partial charge in [-0.1, -0.05) is 34.5 Å². The third kappa shape index (κ3) is 3.38. The number of carbonyl (C=O) groups excluding carboxylic acids is 1. The Bertz CT molecular complexity index is 659. The molecule has 0 radical (unpaired) electrons. The zero-order chi connectivity index (χ0) is 14.9. The van der Waals surface area contributed by atoms with E-state index < -0.39 is 17.1 Å². The molecule has 4 nitrogen and oxygen atoms in total. The topological polar surface area (TPSA) is 54.9 Å². The number of alkyl halides is 3. The molecule has 0 unspecified atom stereocenters. The van der Waals surface area contributed by atoms with E-state index in [-0.39, 0.29) is 32.1 Å². The Kier molecular flexibility index (Phi) is 4.17. The van der Waals surface area contributed by atoms with Gasteiger partial charge in [-0.2, -0.15) is 13.2 Å². The Morgan fingerprint density at radius 2 is 1.95 bits per heavy atom. The average molecular weight is 342 g/mol. The van der Waals surface area contributed by atoms with Gasteiger partial charge in [0.25, 0.3) is 5.91 Å². The minimum atomic E-state index is -4.60. The molecule has 1 heterocycles. The second kappa shape index (κ2) is 5.55. The monoisotopic (exact) mass is 341 g/mol. The van der Waals surface area contributed by atoms with Gasteiger partial charge in [0.05, 0.1) is 10.6 Å². The van der Waals surface area contributed by atoms with E-state index in [1.54, 1.807) is 0 Å². The molecule has 106 valence electrons. The summed E-state index contributed by atoms with van der Waals surface area (Å²) in [6, 6.07) is 4.18. The molecule has 0 aliphatic rings. The number of hydrogen-bond acceptors (Lipinski definition) is 4. The van der Waals surface area contributed by atoms with Crippen LogP contribution in [0.2, 0.25) is 10.0 Å². The van der Waals surface area contributed by atoms with Crippen molar-refractivity contribution in [1.82, 2.24) is 10.2 Å². The summed E-state index contributed by atoms with van der Waals surface area (Å²) in [7, 11) is 0. The van der Waals surface area contributed by atoms with E-state index in [0.717, 1.165) is 0 Å². The van der Waals surface area contributed by atoms with Crippen LogP contribution in [-0.4, -0.2) is 16.1 Å². The predicted octanol–water partition coefficient (Wildman–Crippen LogP) is 4.12. The first-order valence-corrected chi connectivity index (χ1v) is 6.51. The molecule has 0 fully saturated rings. The number of nitrogens with zero attached hydrogens (tertiary/aromatic N) is 2. The van der Waals surface area contributed by atoms with Gasteiger partial charge in [0.15, 0.2) is 0 Å². The highest BCUT2D eigenvalue weighted by Gasteiger charge is 2.35. The Labute approximate surface area is 124 Å². The molecular weight excluding hydrogens is 338 g/mol. The van der Waals surface area contributed by atoms with Gasteiger partial charge >= 0.3 is 6.18 Å². The lowest BCUT2D eigenvalue weighted by Crippen LogP contribution is -2.12. The first-order valence-electron chi connectivity index (χ1n) is 4.94. The van der Waals surface area contributed by atoms with E-state index in [9.17, 15) is 18.0 Å². The molecular formula is C10H4Cl2F3N3OS. The van der Waals surface area contributed by atoms with Crippen LogP contribution in [0, 0.1) is 0 Å². The third-order valence-corrected chi connectivity index (χ3v) is 3.51. The third-order valence-electron chi connectivity index (χ3n) is 2.06. The van der Waals surface area contributed by atoms with Crippen molar-refractivity contribution in [3.63, 3.8) is 0 Å². The van der Waals surface area contributed by atoms with Crippen LogP contribution in [0.1, 0.15) is 15.4 Å². The molecule has 1 aromatic carbocycles. The van der Waals surface area contributed by atoms with Gasteiger partial charge in [-0.05, 0) is 18.2 Å². The van der Waals surface area contributed by atoms with Crippen LogP contribution in [-0.2, 0) is 6.18 Å². The van der Waals surface area contributed by atoms with E-state index in [1.807, 2.05) is 0 Å². The lowest BCUT2D eigenvalue weighted by molar-refractivity contribution is -0.138. The van der Waals surface area contributed by atoms with Crippen molar-refractivity contribution < 1.29 is 18.0 Å². The Balaban J connectivity index is 2.20. The number of halogens is 5. The molecule has 20 heavy (non-hydrogen) atoms. The standard InChI is InChI=1S/C10H4Cl2F3N3OS/c11-4-1-2-6(12)5(3-4)7(19)16-9-18-17-8(20-9)10(13,14)15/h1-3H,(H,16,18,19). The summed E-state index contributed by atoms with van der Waals surface area (Å²) in [6.45, 7) is 0. The zero-order valence-corrected chi connectivity index (χ0v) is 11.7. The number of hydrogen-bond donors (Lipinski definition) is 1. The molecule has 0 atom stereocenters. The first-order chi connectivity index (χ1) is 9.27. The minimum absolute atomic E-state index is 0.0305. The normalized spacial score (nSPS) is 11.4. The fourth-order valence-corrected chi connectivity index (χ4v) is 2.21. The molecule has 2 aromatic rings. The maximum absolute atomic E-state index is 12.3. The summed E-state index contributed by atoms with van der Waals surface area (Å²) >= 11 is 11.7. The van der Waals surface area contributed by atoms with E-state index in [4.69, 9.17) is 23.2 Å². The highest BCUT2D eigenvalue weighted by Crippen LogP contribution is 2.33. The molecule has 1 amide bonds. The maximum atomic E-state index is 12.3. The van der Waals surface area contributed by atoms with E-state index in [0.29, 0.717) is 0 Å². The van der Waals surface area contributed by atoms with Gasteiger partial charge in [0, 0.05) is 5.02 Å². The second-order valence-electron chi connectivity index (χ2n) is 3.49. The van der Waals surface area contributed by atoms with Crippen LogP contribution in [0.15, 0.2) is 18.2 Å². The van der Waals surface area contributed by atoms with Crippen molar-refractivity contribution in [1.29, 1.82) is 0 Å². The van der Waals surface area contributed by atoms with Crippen LogP contribution in [0.25, 0.3) is 0 Å². The van der Waals surface area contributed by atoms with Crippen molar-refractivity contribution >= 4 is 45.6 Å². The minimum Gasteiger partial charge on any atom is -0.296 e. The zero-order valence-electron chi connectivity index (χ0n) is 9.33. The van der Waals surface area contributed by atoms with Gasteiger partial charge in [0.2, 0.25) is 10.1 Å². The maximum Gasteiger partial charge on any atom is 0.445 e. The van der Waals surface area contributed by atoms with Gasteiger partial charge in [-0.25, -0.2) is 0 Å². The van der Waals surface area contributed by atoms with Crippen molar-refractivity contribution in [2.75, 3.05) is 5.32 Å². The fraction of sp³-hybridized carbons (Fsp3) is 0.100. The van der Waals surface area contributed by atoms with Gasteiger partial charge in [0.1, 0.15) is 0 Å². The summed E-state index contributed by atoms with van der Waals surface area (Å²) in [4.78, 5) is 11.8. The van der Waals surface area contributed by atoms with E-state index in [2.05, 4.69) is 15.5 Å². The first kappa shape index (κ1) is 15.0. The Morgan fingerprint density at radius 3 is 2.55 bits per heavy atom. The van der Waals surface area contributed by atoms with Gasteiger partial charge in [-0.15, -0.1) is 10.2 Å². The summed E-state index contributed by atoms with van der Waals surface area (Å²) in [5.74, 6) is -0.720. The largest absolute Gasteiger partial charge is 0.445 e. The molecule has 0 saturated carbocycles. The summed E-state index contributed by atoms with van der Waals surface area (Å²) in [5.41, 5.74) is 0.0305. The van der Waals surface area contributed by atoms with E-state index in [1.165, 1.54) is 18.2 Å². The number of benzene rings is 1. The number of anilines is 1. The van der Waals surface area contributed by atoms with Crippen molar-refractivity contribution in [3.05, 3.63) is 38.8 Å². The molecule has 0 bridgehead atoms. The van der Waals surface area contributed by atoms with Gasteiger partial charge in [-0.3, -0.25) is 10.1 Å². The van der Waals surface area contributed by atoms with Crippen LogP contribution in [0.3, 0.4) is 0 Å². The summed E-state index contributed by atoms with van der Waals surface area (Å²) in [6.07, 6.45) is -4.60. The average Bonchev–Trinajstić information content (AvgIpc) is 2.80. The van der Waals surface area contributed by atoms with Crippen molar-refractivity contribution in [2.45, 2.75) is 6.18 Å². The van der Waals surface area contributed by atoms with Crippen LogP contribution in [0.4, 0.5) is 18.3 Å². The van der Waals surface area contributed by atoms with Crippen LogP contribution >= 0.6 is 34.5 Å². The number of nitrogens with one attached hydrogen (secondary N) is 1. The summed E-state index contributed by atoms with van der Waals surface area (Å²) in [5, 5.41) is 7.33. The van der Waals surface area contributed by atoms with Crippen molar-refractivity contribution in [3.8, 4) is 0 Å². The molecule has 0 aliphatic carbocycles. The van der Waals surface area contributed by atoms with Gasteiger partial charge < -0.3 is 0 Å². The lowest BCUT2D eigenvalue weighted by atomic mass is 10.2. The van der Waals surface area contributed by atoms with Crippen molar-refractivity contribution in [2.24, 2.45) is 0 Å². The molecule has 0 aliphatic heterocycles. The molecule has 1 aromatic heterocycles. The second-order valence-corrected chi connectivity index (χ2v) is 5.31. The SMILES string of the molecule is O=C(Nc1nnc(C(F)(F)F)s1)c1cc(Cl)ccc1Cl. The Morgan fingerprint density at radius 1 is 1.25 bits per heavy atom. The molecule has 1 N–H and O–H groups in total. The number of aromatic nitrogens is 2. The number of rotatable bonds is 2. The van der Waals surface area contributed by atoms with E-state index >= 15 is 0 Å². The van der Waals surface area contributed by atoms with Crippen LogP contribution < -0.4 is 5.32 Å². The Hall–Kier alpha value is -1.38. The number of carbonyl (C=O) groups is 1. The van der Waals surface area contributed by atoms with Crippen LogP contribution in [0.5, 0.6) is 0 Å². The highest BCUT2D eigenvalue weighted by molar-refractivity contribution is 7.15. The fourth-order valence-electron chi connectivity index (χ4n) is 1.22. The molecule has 0 spiro atoms. The molecule has 0 saturated heterocycles. The number of amides is 1. The molecule has 2 rings (SSSR count). The lowest BCUT2D eigenvalue weighted by Gasteiger charge is -2.04. The smallest absolute Gasteiger partial charge is 0.296 e. The molecule has 10 heteroatoms. The highest BCUT2D eigenvalue weighted by atomic mass is 35.5. The quantitative estimate of drug-likeness (QED) is 0.893.